The van der Waals surface area contributed by atoms with Crippen LogP contribution in [0.2, 0.25) is 0 Å². The maximum atomic E-state index is 13.7. The number of piperidine rings is 1. The van der Waals surface area contributed by atoms with E-state index in [0.717, 1.165) is 63.1 Å². The van der Waals surface area contributed by atoms with Crippen LogP contribution in [0, 0.1) is 17.3 Å². The monoisotopic (exact) mass is 651 g/mol. The van der Waals surface area contributed by atoms with Crippen molar-refractivity contribution in [3.8, 4) is 17.6 Å². The second-order valence-electron chi connectivity index (χ2n) is 13.1. The van der Waals surface area contributed by atoms with E-state index in [-0.39, 0.29) is 18.5 Å². The number of likely N-dealkylation sites (tertiary alicyclic amines) is 1. The summed E-state index contributed by atoms with van der Waals surface area (Å²) in [7, 11) is 3.05. The highest BCUT2D eigenvalue weighted by Crippen LogP contribution is 2.41. The van der Waals surface area contributed by atoms with Gasteiger partial charge in [0.25, 0.3) is 5.91 Å². The summed E-state index contributed by atoms with van der Waals surface area (Å²) >= 11 is 0. The number of methoxy groups -OCH3 is 1. The van der Waals surface area contributed by atoms with Gasteiger partial charge in [0.15, 0.2) is 0 Å². The number of alkyl halides is 3. The van der Waals surface area contributed by atoms with E-state index < -0.39 is 12.7 Å². The van der Waals surface area contributed by atoms with Crippen molar-refractivity contribution in [2.75, 3.05) is 57.6 Å². The van der Waals surface area contributed by atoms with Gasteiger partial charge in [-0.15, -0.1) is 0 Å². The lowest BCUT2D eigenvalue weighted by Gasteiger charge is -2.44. The molecule has 1 saturated carbocycles. The number of nitrogens with zero attached hydrogens (tertiary/aromatic N) is 2. The number of benzene rings is 2. The van der Waals surface area contributed by atoms with Crippen molar-refractivity contribution in [1.82, 2.24) is 14.8 Å². The van der Waals surface area contributed by atoms with Crippen molar-refractivity contribution < 1.29 is 27.4 Å². The van der Waals surface area contributed by atoms with Crippen LogP contribution in [0.3, 0.4) is 0 Å². The molecule has 1 aliphatic carbocycles. The average molecular weight is 652 g/mol. The first-order chi connectivity index (χ1) is 22.7. The van der Waals surface area contributed by atoms with Crippen LogP contribution < -0.4 is 20.7 Å². The second-order valence-corrected chi connectivity index (χ2v) is 13.1. The van der Waals surface area contributed by atoms with Gasteiger partial charge in [-0.2, -0.15) is 13.2 Å². The Morgan fingerprint density at radius 2 is 1.85 bits per heavy atom. The third-order valence-electron chi connectivity index (χ3n) is 10.2. The number of halogens is 3. The van der Waals surface area contributed by atoms with Crippen molar-refractivity contribution >= 4 is 28.2 Å². The molecule has 1 aromatic heterocycles. The number of rotatable bonds is 8. The molecule has 3 aromatic rings. The molecular weight excluding hydrogens is 607 g/mol. The van der Waals surface area contributed by atoms with Crippen LogP contribution >= 0.6 is 0 Å². The standard InChI is InChI=1S/C36H44F3N5O3/c1-40-34(45)25-8-13-31(33(21-25)46-2)41-17-4-5-28-22-29-30(6-3-7-32(29)44(28)23-36(37,38)39)42-26-9-11-27(12-10-26)43-18-14-35(15-19-43)16-20-47-24-35/h3,6-8,13,21-22,26-27,41-42H,9-12,14-20,23-24H2,1-2H3,(H,40,45). The highest BCUT2D eigenvalue weighted by atomic mass is 19.4. The van der Waals surface area contributed by atoms with Gasteiger partial charge in [-0.05, 0) is 106 Å². The normalized spacial score (nSPS) is 21.3. The van der Waals surface area contributed by atoms with Gasteiger partial charge in [0.05, 0.1) is 37.2 Å². The number of nitrogens with one attached hydrogen (secondary N) is 3. The lowest BCUT2D eigenvalue weighted by atomic mass is 9.77. The molecule has 3 N–H and O–H groups in total. The Morgan fingerprint density at radius 3 is 2.53 bits per heavy atom. The number of amides is 1. The Morgan fingerprint density at radius 1 is 1.06 bits per heavy atom. The molecule has 0 atom stereocenters. The molecule has 2 saturated heterocycles. The largest absolute Gasteiger partial charge is 0.495 e. The first kappa shape index (κ1) is 33.0. The number of hydrogen-bond acceptors (Lipinski definition) is 6. The summed E-state index contributed by atoms with van der Waals surface area (Å²) < 4.78 is 53.6. The smallest absolute Gasteiger partial charge is 0.406 e. The highest BCUT2D eigenvalue weighted by Gasteiger charge is 2.40. The zero-order valence-electron chi connectivity index (χ0n) is 27.1. The van der Waals surface area contributed by atoms with Gasteiger partial charge in [0.2, 0.25) is 0 Å². The third-order valence-corrected chi connectivity index (χ3v) is 10.2. The van der Waals surface area contributed by atoms with E-state index in [9.17, 15) is 18.0 Å². The van der Waals surface area contributed by atoms with Crippen LogP contribution in [0.15, 0.2) is 42.5 Å². The minimum absolute atomic E-state index is 0.170. The van der Waals surface area contributed by atoms with E-state index in [1.165, 1.54) is 30.9 Å². The summed E-state index contributed by atoms with van der Waals surface area (Å²) in [5, 5.41) is 10.1. The number of fused-ring (bicyclic) bond motifs is 1. The molecule has 3 heterocycles. The van der Waals surface area contributed by atoms with Crippen LogP contribution in [0.4, 0.5) is 24.5 Å². The summed E-state index contributed by atoms with van der Waals surface area (Å²) in [5.41, 5.74) is 3.13. The summed E-state index contributed by atoms with van der Waals surface area (Å²) in [4.78, 5) is 14.6. The zero-order valence-corrected chi connectivity index (χ0v) is 27.1. The van der Waals surface area contributed by atoms with Crippen LogP contribution in [0.25, 0.3) is 10.9 Å². The summed E-state index contributed by atoms with van der Waals surface area (Å²) in [6.45, 7) is 3.16. The maximum absolute atomic E-state index is 13.7. The van der Waals surface area contributed by atoms with E-state index in [0.29, 0.717) is 39.7 Å². The summed E-state index contributed by atoms with van der Waals surface area (Å²) in [6.07, 6.45) is 3.55. The van der Waals surface area contributed by atoms with Crippen molar-refractivity contribution in [3.63, 3.8) is 0 Å². The van der Waals surface area contributed by atoms with Crippen LogP contribution in [0.5, 0.6) is 5.75 Å². The van der Waals surface area contributed by atoms with E-state index in [4.69, 9.17) is 9.47 Å². The molecule has 0 radical (unpaired) electrons. The van der Waals surface area contributed by atoms with Gasteiger partial charge in [0, 0.05) is 42.4 Å². The molecule has 47 heavy (non-hydrogen) atoms. The Balaban J connectivity index is 1.13. The topological polar surface area (TPSA) is 79.8 Å². The van der Waals surface area contributed by atoms with Gasteiger partial charge >= 0.3 is 6.18 Å². The minimum atomic E-state index is -4.40. The lowest BCUT2D eigenvalue weighted by Crippen LogP contribution is -2.47. The van der Waals surface area contributed by atoms with Crippen LogP contribution in [-0.4, -0.2) is 80.6 Å². The number of carbonyl (C=O) groups excluding carboxylic acids is 1. The van der Waals surface area contributed by atoms with Crippen LogP contribution in [-0.2, 0) is 11.3 Å². The fraction of sp³-hybridized carbons (Fsp3) is 0.528. The van der Waals surface area contributed by atoms with Crippen molar-refractivity contribution in [2.45, 2.75) is 69.8 Å². The van der Waals surface area contributed by atoms with Crippen molar-refractivity contribution in [2.24, 2.45) is 5.41 Å². The third kappa shape index (κ3) is 7.65. The minimum Gasteiger partial charge on any atom is -0.495 e. The molecule has 3 fully saturated rings. The Bertz CT molecular complexity index is 1620. The summed E-state index contributed by atoms with van der Waals surface area (Å²) in [6, 6.07) is 13.1. The quantitative estimate of drug-likeness (QED) is 0.250. The number of anilines is 2. The molecule has 8 nitrogen and oxygen atoms in total. The lowest BCUT2D eigenvalue weighted by molar-refractivity contribution is -0.140. The van der Waals surface area contributed by atoms with Gasteiger partial charge in [-0.3, -0.25) is 4.79 Å². The molecule has 252 valence electrons. The fourth-order valence-corrected chi connectivity index (χ4v) is 7.47. The van der Waals surface area contributed by atoms with Gasteiger partial charge in [-0.25, -0.2) is 0 Å². The van der Waals surface area contributed by atoms with Crippen molar-refractivity contribution in [3.05, 3.63) is 53.7 Å². The maximum Gasteiger partial charge on any atom is 0.406 e. The molecule has 6 rings (SSSR count). The Hall–Kier alpha value is -3.88. The number of carbonyl (C=O) groups is 1. The fourth-order valence-electron chi connectivity index (χ4n) is 7.47. The zero-order chi connectivity index (χ0) is 33.0. The molecular formula is C36H44F3N5O3. The molecule has 11 heteroatoms. The number of ether oxygens (including phenoxy) is 2. The van der Waals surface area contributed by atoms with Crippen LogP contribution in [0.1, 0.15) is 61.0 Å². The number of hydrogen-bond donors (Lipinski definition) is 3. The van der Waals surface area contributed by atoms with Gasteiger partial charge in [0.1, 0.15) is 12.3 Å². The molecule has 2 aromatic carbocycles. The molecule has 0 bridgehead atoms. The highest BCUT2D eigenvalue weighted by molar-refractivity contribution is 5.95. The Kier molecular flexibility index (Phi) is 9.90. The molecule has 0 unspecified atom stereocenters. The SMILES string of the molecule is CNC(=O)c1ccc(NCC#Cc2cc3c(NC4CCC(N5CCC6(CCOC6)CC5)CC4)cccc3n2CC(F)(F)F)c(OC)c1. The molecule has 1 spiro atoms. The Labute approximate surface area is 274 Å². The van der Waals surface area contributed by atoms with Gasteiger partial charge in [-0.1, -0.05) is 12.0 Å². The predicted molar refractivity (Wildman–Crippen MR) is 178 cm³/mol. The first-order valence-electron chi connectivity index (χ1n) is 16.6. The van der Waals surface area contributed by atoms with E-state index in [1.54, 1.807) is 37.4 Å². The molecule has 1 amide bonds. The summed E-state index contributed by atoms with van der Waals surface area (Å²) in [5.74, 6) is 6.17. The van der Waals surface area contributed by atoms with Gasteiger partial charge < -0.3 is 34.9 Å². The number of aromatic nitrogens is 1. The van der Waals surface area contributed by atoms with Crippen molar-refractivity contribution in [1.29, 1.82) is 0 Å². The van der Waals surface area contributed by atoms with E-state index >= 15 is 0 Å². The van der Waals surface area contributed by atoms with E-state index in [2.05, 4.69) is 32.7 Å². The second kappa shape index (κ2) is 14.1. The first-order valence-corrected chi connectivity index (χ1v) is 16.6. The average Bonchev–Trinajstić information content (AvgIpc) is 3.67. The van der Waals surface area contributed by atoms with E-state index in [1.807, 2.05) is 12.1 Å². The molecule has 2 aliphatic heterocycles. The predicted octanol–water partition coefficient (Wildman–Crippen LogP) is 6.26. The molecule has 3 aliphatic rings.